The second-order valence-electron chi connectivity index (χ2n) is 3.98. The second-order valence-corrected chi connectivity index (χ2v) is 4.76. The molecule has 1 aromatic rings. The predicted molar refractivity (Wildman–Crippen MR) is 63.9 cm³/mol. The van der Waals surface area contributed by atoms with E-state index in [0.29, 0.717) is 19.5 Å². The highest BCUT2D eigenvalue weighted by Crippen LogP contribution is 2.17. The number of urea groups is 1. The van der Waals surface area contributed by atoms with Gasteiger partial charge in [-0.3, -0.25) is 0 Å². The van der Waals surface area contributed by atoms with Gasteiger partial charge in [0.15, 0.2) is 0 Å². The molecular formula is C11H14N2O3S. The molecule has 1 atom stereocenters. The van der Waals surface area contributed by atoms with Crippen LogP contribution in [0.2, 0.25) is 0 Å². The largest absolute Gasteiger partial charge is 0.480 e. The van der Waals surface area contributed by atoms with E-state index in [1.807, 2.05) is 16.8 Å². The van der Waals surface area contributed by atoms with Gasteiger partial charge in [-0.2, -0.15) is 11.3 Å². The first-order valence-corrected chi connectivity index (χ1v) is 6.41. The molecule has 0 aliphatic carbocycles. The average Bonchev–Trinajstić information content (AvgIpc) is 2.96. The van der Waals surface area contributed by atoms with Gasteiger partial charge >= 0.3 is 12.0 Å². The second kappa shape index (κ2) is 5.18. The topological polar surface area (TPSA) is 69.6 Å². The van der Waals surface area contributed by atoms with Crippen LogP contribution in [0.3, 0.4) is 0 Å². The summed E-state index contributed by atoms with van der Waals surface area (Å²) in [4.78, 5) is 24.1. The number of aliphatic carboxylic acids is 1. The van der Waals surface area contributed by atoms with Crippen molar-refractivity contribution in [3.8, 4) is 0 Å². The van der Waals surface area contributed by atoms with Gasteiger partial charge in [-0.1, -0.05) is 0 Å². The molecule has 6 heteroatoms. The van der Waals surface area contributed by atoms with Crippen molar-refractivity contribution < 1.29 is 14.7 Å². The van der Waals surface area contributed by atoms with Crippen molar-refractivity contribution in [1.29, 1.82) is 0 Å². The molecule has 0 aromatic carbocycles. The lowest BCUT2D eigenvalue weighted by atomic mass is 10.2. The Labute approximate surface area is 103 Å². The number of hydrogen-bond acceptors (Lipinski definition) is 3. The number of carbonyl (C=O) groups is 2. The van der Waals surface area contributed by atoms with Gasteiger partial charge in [0.1, 0.15) is 6.04 Å². The van der Waals surface area contributed by atoms with E-state index >= 15 is 0 Å². The maximum atomic E-state index is 11.8. The van der Waals surface area contributed by atoms with E-state index in [1.165, 1.54) is 4.90 Å². The predicted octanol–water partition coefficient (Wildman–Crippen LogP) is 1.51. The number of nitrogens with zero attached hydrogens (tertiary/aromatic N) is 1. The fourth-order valence-corrected chi connectivity index (χ4v) is 2.61. The van der Waals surface area contributed by atoms with Crippen LogP contribution in [0.25, 0.3) is 0 Å². The molecule has 1 saturated heterocycles. The molecule has 2 amide bonds. The monoisotopic (exact) mass is 254 g/mol. The summed E-state index contributed by atoms with van der Waals surface area (Å²) < 4.78 is 0. The Hall–Kier alpha value is -1.56. The fraction of sp³-hybridized carbons (Fsp3) is 0.455. The van der Waals surface area contributed by atoms with Crippen molar-refractivity contribution in [3.05, 3.63) is 22.4 Å². The van der Waals surface area contributed by atoms with E-state index in [1.54, 1.807) is 11.3 Å². The summed E-state index contributed by atoms with van der Waals surface area (Å²) >= 11 is 1.57. The van der Waals surface area contributed by atoms with Gasteiger partial charge in [-0.15, -0.1) is 0 Å². The van der Waals surface area contributed by atoms with Crippen molar-refractivity contribution >= 4 is 23.3 Å². The van der Waals surface area contributed by atoms with Crippen LogP contribution in [-0.2, 0) is 11.3 Å². The molecule has 1 fully saturated rings. The molecule has 5 nitrogen and oxygen atoms in total. The van der Waals surface area contributed by atoms with Crippen molar-refractivity contribution in [2.45, 2.75) is 25.4 Å². The minimum atomic E-state index is -0.923. The first-order chi connectivity index (χ1) is 8.18. The Bertz CT molecular complexity index is 405. The van der Waals surface area contributed by atoms with E-state index in [4.69, 9.17) is 5.11 Å². The summed E-state index contributed by atoms with van der Waals surface area (Å²) in [5.41, 5.74) is 1.04. The maximum absolute atomic E-state index is 11.8. The number of carboxylic acid groups (broad SMARTS) is 1. The minimum absolute atomic E-state index is 0.291. The smallest absolute Gasteiger partial charge is 0.326 e. The fourth-order valence-electron chi connectivity index (χ4n) is 1.94. The van der Waals surface area contributed by atoms with E-state index < -0.39 is 12.0 Å². The van der Waals surface area contributed by atoms with Crippen LogP contribution >= 0.6 is 11.3 Å². The SMILES string of the molecule is O=C(O)[C@@H]1CCCN1C(=O)NCc1ccsc1. The third kappa shape index (κ3) is 2.76. The molecule has 0 unspecified atom stereocenters. The molecule has 2 N–H and O–H groups in total. The van der Waals surface area contributed by atoms with Crippen molar-refractivity contribution in [3.63, 3.8) is 0 Å². The summed E-state index contributed by atoms with van der Waals surface area (Å²) in [5.74, 6) is -0.923. The van der Waals surface area contributed by atoms with Crippen molar-refractivity contribution in [2.24, 2.45) is 0 Å². The molecule has 0 spiro atoms. The van der Waals surface area contributed by atoms with Gasteiger partial charge in [-0.05, 0) is 35.2 Å². The van der Waals surface area contributed by atoms with Gasteiger partial charge in [0.2, 0.25) is 0 Å². The molecule has 17 heavy (non-hydrogen) atoms. The highest BCUT2D eigenvalue weighted by molar-refractivity contribution is 7.07. The van der Waals surface area contributed by atoms with E-state index in [9.17, 15) is 9.59 Å². The molecular weight excluding hydrogens is 240 g/mol. The third-order valence-corrected chi connectivity index (χ3v) is 3.55. The summed E-state index contributed by atoms with van der Waals surface area (Å²) in [6.45, 7) is 0.970. The number of likely N-dealkylation sites (tertiary alicyclic amines) is 1. The lowest BCUT2D eigenvalue weighted by Gasteiger charge is -2.21. The number of thiophene rings is 1. The number of hydrogen-bond donors (Lipinski definition) is 2. The number of carboxylic acids is 1. The van der Waals surface area contributed by atoms with Crippen LogP contribution in [0.5, 0.6) is 0 Å². The minimum Gasteiger partial charge on any atom is -0.480 e. The Morgan fingerprint density at radius 3 is 3.06 bits per heavy atom. The zero-order valence-electron chi connectivity index (χ0n) is 9.26. The Balaban J connectivity index is 1.89. The molecule has 92 valence electrons. The summed E-state index contributed by atoms with van der Waals surface area (Å²) in [6.07, 6.45) is 1.30. The maximum Gasteiger partial charge on any atom is 0.326 e. The Morgan fingerprint density at radius 1 is 1.59 bits per heavy atom. The van der Waals surface area contributed by atoms with Crippen molar-refractivity contribution in [1.82, 2.24) is 10.2 Å². The van der Waals surface area contributed by atoms with Gasteiger partial charge in [0.25, 0.3) is 0 Å². The van der Waals surface area contributed by atoms with Crippen LogP contribution in [0.4, 0.5) is 4.79 Å². The standard InChI is InChI=1S/C11H14N2O3S/c14-10(15)9-2-1-4-13(9)11(16)12-6-8-3-5-17-7-8/h3,5,7,9H,1-2,4,6H2,(H,12,16)(H,14,15)/t9-/m0/s1. The van der Waals surface area contributed by atoms with Gasteiger partial charge in [0, 0.05) is 13.1 Å². The zero-order chi connectivity index (χ0) is 12.3. The zero-order valence-corrected chi connectivity index (χ0v) is 10.1. The summed E-state index contributed by atoms with van der Waals surface area (Å²) in [5, 5.41) is 15.6. The normalized spacial score (nSPS) is 19.3. The van der Waals surface area contributed by atoms with Crippen molar-refractivity contribution in [2.75, 3.05) is 6.54 Å². The van der Waals surface area contributed by atoms with Gasteiger partial charge in [-0.25, -0.2) is 9.59 Å². The third-order valence-electron chi connectivity index (χ3n) is 2.82. The number of carbonyl (C=O) groups excluding carboxylic acids is 1. The quantitative estimate of drug-likeness (QED) is 0.859. The Kier molecular flexibility index (Phi) is 3.63. The van der Waals surface area contributed by atoms with Gasteiger partial charge < -0.3 is 15.3 Å². The first kappa shape index (κ1) is 11.9. The van der Waals surface area contributed by atoms with E-state index in [0.717, 1.165) is 12.0 Å². The highest BCUT2D eigenvalue weighted by atomic mass is 32.1. The first-order valence-electron chi connectivity index (χ1n) is 5.47. The molecule has 0 saturated carbocycles. The molecule has 1 aromatic heterocycles. The average molecular weight is 254 g/mol. The molecule has 0 bridgehead atoms. The Morgan fingerprint density at radius 2 is 2.41 bits per heavy atom. The van der Waals surface area contributed by atoms with Crippen LogP contribution in [-0.4, -0.2) is 34.6 Å². The molecule has 2 heterocycles. The molecule has 2 rings (SSSR count). The van der Waals surface area contributed by atoms with Gasteiger partial charge in [0.05, 0.1) is 0 Å². The van der Waals surface area contributed by atoms with Crippen LogP contribution < -0.4 is 5.32 Å². The number of amides is 2. The van der Waals surface area contributed by atoms with E-state index in [-0.39, 0.29) is 6.03 Å². The lowest BCUT2D eigenvalue weighted by molar-refractivity contribution is -0.141. The van der Waals surface area contributed by atoms with Crippen LogP contribution in [0.1, 0.15) is 18.4 Å². The number of nitrogens with one attached hydrogen (secondary N) is 1. The van der Waals surface area contributed by atoms with Crippen LogP contribution in [0, 0.1) is 0 Å². The summed E-state index contributed by atoms with van der Waals surface area (Å²) in [6, 6.07) is 0.974. The lowest BCUT2D eigenvalue weighted by Crippen LogP contribution is -2.45. The molecule has 0 radical (unpaired) electrons. The highest BCUT2D eigenvalue weighted by Gasteiger charge is 2.33. The number of rotatable bonds is 3. The molecule has 1 aliphatic rings. The summed E-state index contributed by atoms with van der Waals surface area (Å²) in [7, 11) is 0. The molecule has 1 aliphatic heterocycles. The van der Waals surface area contributed by atoms with Crippen LogP contribution in [0.15, 0.2) is 16.8 Å². The van der Waals surface area contributed by atoms with E-state index in [2.05, 4.69) is 5.32 Å².